The van der Waals surface area contributed by atoms with Gasteiger partial charge < -0.3 is 0 Å². The van der Waals surface area contributed by atoms with Crippen LogP contribution in [0.1, 0.15) is 70.2 Å². The summed E-state index contributed by atoms with van der Waals surface area (Å²) in [7, 11) is -3.64. The maximum Gasteiger partial charge on any atom is 0.244 e. The van der Waals surface area contributed by atoms with Gasteiger partial charge in [0.15, 0.2) is 5.82 Å². The smallest absolute Gasteiger partial charge is 0.244 e. The Kier molecular flexibility index (Phi) is 4.48. The Balaban J connectivity index is 1.86. The number of sulfonamides is 1. The summed E-state index contributed by atoms with van der Waals surface area (Å²) in [5.74, 6) is 1.66. The monoisotopic (exact) mass is 352 g/mol. The molecule has 24 heavy (non-hydrogen) atoms. The zero-order valence-electron chi connectivity index (χ0n) is 14.5. The molecular formula is C15H24N6O2S. The fourth-order valence-corrected chi connectivity index (χ4v) is 3.89. The van der Waals surface area contributed by atoms with Crippen LogP contribution in [0.5, 0.6) is 0 Å². The number of rotatable bonds is 5. The van der Waals surface area contributed by atoms with Crippen molar-refractivity contribution in [3.8, 4) is 0 Å². The molecular weight excluding hydrogens is 328 g/mol. The third-order valence-corrected chi connectivity index (χ3v) is 5.55. The van der Waals surface area contributed by atoms with Crippen LogP contribution in [0.4, 0.5) is 0 Å². The van der Waals surface area contributed by atoms with Gasteiger partial charge in [0, 0.05) is 24.7 Å². The van der Waals surface area contributed by atoms with E-state index in [0.29, 0.717) is 12.2 Å². The second-order valence-corrected chi connectivity index (χ2v) is 8.49. The Morgan fingerprint density at radius 2 is 2.04 bits per heavy atom. The van der Waals surface area contributed by atoms with Crippen molar-refractivity contribution in [2.24, 2.45) is 0 Å². The third kappa shape index (κ3) is 3.23. The number of nitrogens with one attached hydrogen (secondary N) is 1. The Morgan fingerprint density at radius 1 is 1.29 bits per heavy atom. The second-order valence-electron chi connectivity index (χ2n) is 6.77. The Bertz CT molecular complexity index is 821. The number of aromatic nitrogens is 5. The molecule has 0 bridgehead atoms. The Hall–Kier alpha value is -1.74. The first-order valence-electron chi connectivity index (χ1n) is 8.29. The summed E-state index contributed by atoms with van der Waals surface area (Å²) in [5, 5.41) is 8.60. The highest BCUT2D eigenvalue weighted by atomic mass is 32.2. The number of hydrogen-bond donors (Lipinski definition) is 1. The predicted molar refractivity (Wildman–Crippen MR) is 89.0 cm³/mol. The molecule has 3 heterocycles. The molecule has 0 aromatic carbocycles. The van der Waals surface area contributed by atoms with Crippen molar-refractivity contribution in [3.63, 3.8) is 0 Å². The van der Waals surface area contributed by atoms with Crippen molar-refractivity contribution in [3.05, 3.63) is 24.0 Å². The molecule has 1 unspecified atom stereocenters. The van der Waals surface area contributed by atoms with Gasteiger partial charge in [-0.3, -0.25) is 4.68 Å². The quantitative estimate of drug-likeness (QED) is 0.888. The fourth-order valence-electron chi connectivity index (χ4n) is 2.72. The molecule has 1 N–H and O–H groups in total. The maximum atomic E-state index is 12.7. The minimum Gasteiger partial charge on any atom is -0.269 e. The normalized spacial score (nSPS) is 18.3. The molecule has 1 atom stereocenters. The van der Waals surface area contributed by atoms with Crippen molar-refractivity contribution < 1.29 is 8.42 Å². The van der Waals surface area contributed by atoms with Crippen LogP contribution in [0.25, 0.3) is 0 Å². The molecule has 2 aromatic heterocycles. The summed E-state index contributed by atoms with van der Waals surface area (Å²) >= 11 is 0. The summed E-state index contributed by atoms with van der Waals surface area (Å²) in [5.41, 5.74) is 0. The van der Waals surface area contributed by atoms with Crippen LogP contribution in [0.2, 0.25) is 0 Å². The average Bonchev–Trinajstić information content (AvgIpc) is 3.15. The van der Waals surface area contributed by atoms with Gasteiger partial charge in [-0.1, -0.05) is 13.8 Å². The van der Waals surface area contributed by atoms with Crippen molar-refractivity contribution in [1.29, 1.82) is 0 Å². The van der Waals surface area contributed by atoms with E-state index in [1.54, 1.807) is 10.9 Å². The predicted octanol–water partition coefficient (Wildman–Crippen LogP) is 1.99. The first kappa shape index (κ1) is 17.1. The van der Waals surface area contributed by atoms with Gasteiger partial charge in [0.05, 0.1) is 12.2 Å². The molecule has 0 aliphatic carbocycles. The Morgan fingerprint density at radius 3 is 2.67 bits per heavy atom. The summed E-state index contributed by atoms with van der Waals surface area (Å²) in [6, 6.07) is -0.244. The van der Waals surface area contributed by atoms with Crippen LogP contribution >= 0.6 is 0 Å². The highest BCUT2D eigenvalue weighted by Gasteiger charge is 2.30. The van der Waals surface area contributed by atoms with Crippen molar-refractivity contribution in [2.45, 2.75) is 70.0 Å². The largest absolute Gasteiger partial charge is 0.269 e. The van der Waals surface area contributed by atoms with E-state index in [1.165, 1.54) is 6.20 Å². The molecule has 9 heteroatoms. The van der Waals surface area contributed by atoms with Gasteiger partial charge in [0.25, 0.3) is 0 Å². The highest BCUT2D eigenvalue weighted by molar-refractivity contribution is 7.89. The van der Waals surface area contributed by atoms with Gasteiger partial charge in [-0.15, -0.1) is 0 Å². The van der Waals surface area contributed by atoms with Crippen LogP contribution in [-0.2, 0) is 16.6 Å². The average molecular weight is 352 g/mol. The van der Waals surface area contributed by atoms with E-state index in [4.69, 9.17) is 0 Å². The van der Waals surface area contributed by atoms with E-state index in [9.17, 15) is 8.42 Å². The van der Waals surface area contributed by atoms with Crippen LogP contribution in [0.3, 0.4) is 0 Å². The molecule has 0 saturated heterocycles. The maximum absolute atomic E-state index is 12.7. The van der Waals surface area contributed by atoms with Crippen molar-refractivity contribution >= 4 is 10.0 Å². The summed E-state index contributed by atoms with van der Waals surface area (Å²) in [6.07, 6.45) is 4.52. The SMILES string of the molecule is CC(C)c1nc2n(n1)CCCC2NS(=O)(=O)c1cnn(C(C)C)c1. The van der Waals surface area contributed by atoms with Gasteiger partial charge >= 0.3 is 0 Å². The minimum atomic E-state index is -3.64. The minimum absolute atomic E-state index is 0.111. The Labute approximate surface area is 142 Å². The molecule has 1 aliphatic heterocycles. The third-order valence-electron chi connectivity index (χ3n) is 4.12. The molecule has 0 spiro atoms. The van der Waals surface area contributed by atoms with E-state index in [0.717, 1.165) is 18.8 Å². The van der Waals surface area contributed by atoms with Gasteiger partial charge in [-0.2, -0.15) is 10.2 Å². The van der Waals surface area contributed by atoms with Gasteiger partial charge in [0.2, 0.25) is 10.0 Å². The van der Waals surface area contributed by atoms with Crippen LogP contribution in [0, 0.1) is 0 Å². The van der Waals surface area contributed by atoms with Crippen molar-refractivity contribution in [2.75, 3.05) is 0 Å². The van der Waals surface area contributed by atoms with E-state index < -0.39 is 10.0 Å². The lowest BCUT2D eigenvalue weighted by atomic mass is 10.1. The second kappa shape index (κ2) is 6.29. The number of hydrogen-bond acceptors (Lipinski definition) is 5. The van der Waals surface area contributed by atoms with Gasteiger partial charge in [0.1, 0.15) is 10.7 Å². The van der Waals surface area contributed by atoms with Crippen LogP contribution in [0.15, 0.2) is 17.3 Å². The van der Waals surface area contributed by atoms with Crippen LogP contribution < -0.4 is 4.72 Å². The van der Waals surface area contributed by atoms with E-state index in [1.807, 2.05) is 32.4 Å². The standard InChI is InChI=1S/C15H24N6O2S/c1-10(2)14-17-15-13(6-5-7-20(15)18-14)19-24(22,23)12-8-16-21(9-12)11(3)4/h8-11,13,19H,5-7H2,1-4H3. The molecule has 0 radical (unpaired) electrons. The number of fused-ring (bicyclic) bond motifs is 1. The lowest BCUT2D eigenvalue weighted by molar-refractivity contribution is 0.399. The first-order chi connectivity index (χ1) is 11.3. The number of aryl methyl sites for hydroxylation is 1. The summed E-state index contributed by atoms with van der Waals surface area (Å²) < 4.78 is 31.6. The topological polar surface area (TPSA) is 94.7 Å². The highest BCUT2D eigenvalue weighted by Crippen LogP contribution is 2.26. The summed E-state index contributed by atoms with van der Waals surface area (Å²) in [4.78, 5) is 4.72. The summed E-state index contributed by atoms with van der Waals surface area (Å²) in [6.45, 7) is 8.74. The van der Waals surface area contributed by atoms with E-state index >= 15 is 0 Å². The molecule has 1 aliphatic rings. The van der Waals surface area contributed by atoms with Gasteiger partial charge in [-0.25, -0.2) is 22.8 Å². The number of nitrogens with zero attached hydrogens (tertiary/aromatic N) is 5. The van der Waals surface area contributed by atoms with E-state index in [2.05, 4.69) is 19.9 Å². The fraction of sp³-hybridized carbons (Fsp3) is 0.667. The molecule has 8 nitrogen and oxygen atoms in total. The molecule has 0 saturated carbocycles. The molecule has 132 valence electrons. The lowest BCUT2D eigenvalue weighted by Gasteiger charge is -2.22. The molecule has 0 fully saturated rings. The zero-order valence-corrected chi connectivity index (χ0v) is 15.3. The molecule has 0 amide bonds. The van der Waals surface area contributed by atoms with Gasteiger partial charge in [-0.05, 0) is 26.7 Å². The molecule has 3 rings (SSSR count). The lowest BCUT2D eigenvalue weighted by Crippen LogP contribution is -2.33. The zero-order chi connectivity index (χ0) is 17.5. The van der Waals surface area contributed by atoms with Crippen LogP contribution in [-0.4, -0.2) is 33.0 Å². The van der Waals surface area contributed by atoms with Crippen molar-refractivity contribution in [1.82, 2.24) is 29.3 Å². The first-order valence-corrected chi connectivity index (χ1v) is 9.77. The van der Waals surface area contributed by atoms with E-state index in [-0.39, 0.29) is 22.9 Å². The molecule has 2 aromatic rings.